The van der Waals surface area contributed by atoms with E-state index in [9.17, 15) is 14.0 Å². The molecule has 3 heterocycles. The first-order chi connectivity index (χ1) is 14.3. The standard InChI is InChI=1S/C22H28FN5O2/c1-5-6-13(2)21(30)28-11-15-16(12-28)20(15)27(4)22-25-18(9-19(29)26(22)3)14-7-8-24-10-17(14)23/h7-10,13,15-16,20H,5-6,11-12H2,1-4H3/t13?,15-,16+,20?. The van der Waals surface area contributed by atoms with Gasteiger partial charge in [0.2, 0.25) is 11.9 Å². The molecule has 0 bridgehead atoms. The number of carbonyl (C=O) groups is 1. The van der Waals surface area contributed by atoms with Gasteiger partial charge in [-0.3, -0.25) is 19.1 Å². The molecule has 8 heteroatoms. The number of halogens is 1. The predicted octanol–water partition coefficient (Wildman–Crippen LogP) is 2.31. The number of hydrogen-bond acceptors (Lipinski definition) is 5. The van der Waals surface area contributed by atoms with E-state index in [1.165, 1.54) is 22.9 Å². The average molecular weight is 413 g/mol. The summed E-state index contributed by atoms with van der Waals surface area (Å²) in [6.45, 7) is 5.60. The first-order valence-corrected chi connectivity index (χ1v) is 10.5. The molecular formula is C22H28FN5O2. The van der Waals surface area contributed by atoms with Crippen LogP contribution < -0.4 is 10.5 Å². The van der Waals surface area contributed by atoms with Gasteiger partial charge in [-0.2, -0.15) is 0 Å². The molecule has 2 aliphatic rings. The van der Waals surface area contributed by atoms with E-state index in [1.807, 2.05) is 23.8 Å². The molecule has 2 aromatic heterocycles. The molecular weight excluding hydrogens is 385 g/mol. The number of aromatic nitrogens is 3. The van der Waals surface area contributed by atoms with Gasteiger partial charge in [0.05, 0.1) is 11.9 Å². The van der Waals surface area contributed by atoms with Crippen molar-refractivity contribution in [2.45, 2.75) is 32.7 Å². The molecule has 1 aliphatic heterocycles. The van der Waals surface area contributed by atoms with Crippen LogP contribution in [0.1, 0.15) is 26.7 Å². The van der Waals surface area contributed by atoms with E-state index in [-0.39, 0.29) is 29.0 Å². The quantitative estimate of drug-likeness (QED) is 0.727. The third-order valence-electron chi connectivity index (χ3n) is 6.53. The minimum atomic E-state index is -0.509. The van der Waals surface area contributed by atoms with Gasteiger partial charge in [-0.25, -0.2) is 9.37 Å². The molecule has 0 spiro atoms. The molecule has 7 nitrogen and oxygen atoms in total. The monoisotopic (exact) mass is 413 g/mol. The number of pyridine rings is 1. The van der Waals surface area contributed by atoms with E-state index < -0.39 is 5.82 Å². The van der Waals surface area contributed by atoms with E-state index in [0.29, 0.717) is 23.5 Å². The largest absolute Gasteiger partial charge is 0.342 e. The Morgan fingerprint density at radius 1 is 1.37 bits per heavy atom. The molecule has 4 rings (SSSR count). The van der Waals surface area contributed by atoms with Crippen molar-refractivity contribution in [1.29, 1.82) is 0 Å². The lowest BCUT2D eigenvalue weighted by Gasteiger charge is -2.27. The van der Waals surface area contributed by atoms with Crippen LogP contribution >= 0.6 is 0 Å². The Hall–Kier alpha value is -2.77. The second-order valence-corrected chi connectivity index (χ2v) is 8.56. The molecule has 30 heavy (non-hydrogen) atoms. The van der Waals surface area contributed by atoms with Gasteiger partial charge in [0.15, 0.2) is 5.82 Å². The van der Waals surface area contributed by atoms with Crippen molar-refractivity contribution in [3.05, 3.63) is 40.7 Å². The van der Waals surface area contributed by atoms with E-state index in [2.05, 4.69) is 16.9 Å². The Balaban J connectivity index is 1.52. The molecule has 1 saturated carbocycles. The fraction of sp³-hybridized carbons (Fsp3) is 0.545. The summed E-state index contributed by atoms with van der Waals surface area (Å²) < 4.78 is 15.7. The number of fused-ring (bicyclic) bond motifs is 1. The molecule has 2 unspecified atom stereocenters. The number of likely N-dealkylation sites (tertiary alicyclic amines) is 1. The van der Waals surface area contributed by atoms with Gasteiger partial charge in [0.25, 0.3) is 5.56 Å². The molecule has 0 radical (unpaired) electrons. The van der Waals surface area contributed by atoms with Gasteiger partial charge < -0.3 is 9.80 Å². The third kappa shape index (κ3) is 3.48. The highest BCUT2D eigenvalue weighted by Gasteiger charge is 2.59. The van der Waals surface area contributed by atoms with Crippen molar-refractivity contribution in [3.8, 4) is 11.3 Å². The maximum Gasteiger partial charge on any atom is 0.255 e. The van der Waals surface area contributed by atoms with Crippen LogP contribution in [0.15, 0.2) is 29.3 Å². The number of anilines is 1. The summed E-state index contributed by atoms with van der Waals surface area (Å²) in [6, 6.07) is 3.10. The van der Waals surface area contributed by atoms with Crippen molar-refractivity contribution in [2.75, 3.05) is 25.0 Å². The molecule has 1 amide bonds. The number of rotatable bonds is 6. The molecule has 160 valence electrons. The van der Waals surface area contributed by atoms with Crippen LogP contribution in [0.3, 0.4) is 0 Å². The first-order valence-electron chi connectivity index (χ1n) is 10.5. The van der Waals surface area contributed by atoms with Gasteiger partial charge in [0, 0.05) is 68.8 Å². The summed E-state index contributed by atoms with van der Waals surface area (Å²) in [6.07, 6.45) is 4.52. The minimum absolute atomic E-state index is 0.0677. The second-order valence-electron chi connectivity index (χ2n) is 8.56. The zero-order valence-corrected chi connectivity index (χ0v) is 17.9. The number of amides is 1. The van der Waals surface area contributed by atoms with Crippen molar-refractivity contribution in [2.24, 2.45) is 24.8 Å². The summed E-state index contributed by atoms with van der Waals surface area (Å²) in [5, 5.41) is 0. The highest BCUT2D eigenvalue weighted by atomic mass is 19.1. The topological polar surface area (TPSA) is 71.3 Å². The van der Waals surface area contributed by atoms with Gasteiger partial charge in [-0.1, -0.05) is 20.3 Å². The van der Waals surface area contributed by atoms with Gasteiger partial charge in [0.1, 0.15) is 0 Å². The number of hydrogen-bond donors (Lipinski definition) is 0. The van der Waals surface area contributed by atoms with Crippen molar-refractivity contribution in [3.63, 3.8) is 0 Å². The second kappa shape index (κ2) is 7.81. The molecule has 1 aliphatic carbocycles. The Morgan fingerprint density at radius 2 is 2.07 bits per heavy atom. The summed E-state index contributed by atoms with van der Waals surface area (Å²) in [5.41, 5.74) is 0.319. The maximum atomic E-state index is 14.2. The van der Waals surface area contributed by atoms with Crippen molar-refractivity contribution in [1.82, 2.24) is 19.4 Å². The predicted molar refractivity (Wildman–Crippen MR) is 112 cm³/mol. The van der Waals surface area contributed by atoms with E-state index in [4.69, 9.17) is 0 Å². The zero-order valence-electron chi connectivity index (χ0n) is 17.9. The van der Waals surface area contributed by atoms with Crippen LogP contribution in [-0.2, 0) is 11.8 Å². The van der Waals surface area contributed by atoms with Gasteiger partial charge in [-0.05, 0) is 12.5 Å². The molecule has 2 fully saturated rings. The Kier molecular flexibility index (Phi) is 5.34. The summed E-state index contributed by atoms with van der Waals surface area (Å²) in [5.74, 6) is 1.07. The Labute approximate surface area is 175 Å². The third-order valence-corrected chi connectivity index (χ3v) is 6.53. The molecule has 4 atom stereocenters. The van der Waals surface area contributed by atoms with Crippen molar-refractivity contribution >= 4 is 11.9 Å². The van der Waals surface area contributed by atoms with E-state index in [1.54, 1.807) is 7.05 Å². The van der Waals surface area contributed by atoms with E-state index >= 15 is 0 Å². The Morgan fingerprint density at radius 3 is 2.70 bits per heavy atom. The number of carbonyl (C=O) groups excluding carboxylic acids is 1. The molecule has 1 saturated heterocycles. The average Bonchev–Trinajstić information content (AvgIpc) is 3.22. The smallest absolute Gasteiger partial charge is 0.255 e. The minimum Gasteiger partial charge on any atom is -0.342 e. The van der Waals surface area contributed by atoms with Crippen LogP contribution in [-0.4, -0.2) is 51.5 Å². The summed E-state index contributed by atoms with van der Waals surface area (Å²) >= 11 is 0. The maximum absolute atomic E-state index is 14.2. The highest BCUT2D eigenvalue weighted by molar-refractivity contribution is 5.79. The molecule has 0 aromatic carbocycles. The molecule has 0 N–H and O–H groups in total. The molecule has 2 aromatic rings. The fourth-order valence-corrected chi connectivity index (χ4v) is 4.81. The van der Waals surface area contributed by atoms with Crippen LogP contribution in [0.5, 0.6) is 0 Å². The lowest BCUT2D eigenvalue weighted by atomic mass is 10.0. The zero-order chi connectivity index (χ0) is 21.6. The summed E-state index contributed by atoms with van der Waals surface area (Å²) in [7, 11) is 3.59. The summed E-state index contributed by atoms with van der Waals surface area (Å²) in [4.78, 5) is 37.5. The van der Waals surface area contributed by atoms with Gasteiger partial charge in [-0.15, -0.1) is 0 Å². The fourth-order valence-electron chi connectivity index (χ4n) is 4.81. The SMILES string of the molecule is CCCC(C)C(=O)N1C[C@@H]2C(N(C)c3nc(-c4ccncc4F)cc(=O)n3C)[C@@H]2C1. The lowest BCUT2D eigenvalue weighted by molar-refractivity contribution is -0.134. The first kappa shape index (κ1) is 20.5. The Bertz CT molecular complexity index is 1010. The highest BCUT2D eigenvalue weighted by Crippen LogP contribution is 2.49. The lowest BCUT2D eigenvalue weighted by Crippen LogP contribution is -2.40. The van der Waals surface area contributed by atoms with Crippen LogP contribution in [0.4, 0.5) is 10.3 Å². The van der Waals surface area contributed by atoms with E-state index in [0.717, 1.165) is 32.1 Å². The van der Waals surface area contributed by atoms with Crippen LogP contribution in [0, 0.1) is 23.6 Å². The number of nitrogens with zero attached hydrogens (tertiary/aromatic N) is 5. The normalized spacial score (nSPS) is 23.2. The van der Waals surface area contributed by atoms with Crippen LogP contribution in [0.2, 0.25) is 0 Å². The number of piperidine rings is 1. The van der Waals surface area contributed by atoms with Gasteiger partial charge >= 0.3 is 0 Å². The van der Waals surface area contributed by atoms with Crippen molar-refractivity contribution < 1.29 is 9.18 Å². The van der Waals surface area contributed by atoms with Crippen LogP contribution in [0.25, 0.3) is 11.3 Å².